The van der Waals surface area contributed by atoms with E-state index in [1.165, 1.54) is 9.75 Å². The molecular weight excluding hydrogens is 226 g/mol. The van der Waals surface area contributed by atoms with Crippen molar-refractivity contribution in [1.29, 1.82) is 0 Å². The zero-order valence-corrected chi connectivity index (χ0v) is 10.1. The lowest BCUT2D eigenvalue weighted by molar-refractivity contribution is 0.943. The van der Waals surface area contributed by atoms with Gasteiger partial charge in [-0.1, -0.05) is 11.8 Å². The molecule has 2 rings (SSSR count). The number of aromatic amines is 1. The van der Waals surface area contributed by atoms with Gasteiger partial charge in [-0.25, -0.2) is 4.98 Å². The van der Waals surface area contributed by atoms with Gasteiger partial charge < -0.3 is 10.7 Å². The lowest BCUT2D eigenvalue weighted by Gasteiger charge is -2.09. The molecule has 15 heavy (non-hydrogen) atoms. The normalized spacial score (nSPS) is 12.9. The van der Waals surface area contributed by atoms with Crippen LogP contribution in [-0.2, 0) is 0 Å². The molecule has 0 saturated heterocycles. The zero-order chi connectivity index (χ0) is 10.7. The van der Waals surface area contributed by atoms with E-state index in [4.69, 9.17) is 5.73 Å². The highest BCUT2D eigenvalue weighted by Crippen LogP contribution is 2.35. The van der Waals surface area contributed by atoms with Gasteiger partial charge in [0.1, 0.15) is 0 Å². The molecule has 0 bridgehead atoms. The number of imidazole rings is 1. The van der Waals surface area contributed by atoms with Crippen molar-refractivity contribution in [1.82, 2.24) is 9.97 Å². The Bertz CT molecular complexity index is 408. The largest absolute Gasteiger partial charge is 0.340 e. The van der Waals surface area contributed by atoms with Crippen LogP contribution in [0.3, 0.4) is 0 Å². The van der Waals surface area contributed by atoms with E-state index in [2.05, 4.69) is 29.0 Å². The molecule has 0 fully saturated rings. The van der Waals surface area contributed by atoms with E-state index in [1.807, 2.05) is 6.20 Å². The van der Waals surface area contributed by atoms with Gasteiger partial charge in [0.15, 0.2) is 5.16 Å². The highest BCUT2D eigenvalue weighted by Gasteiger charge is 2.14. The van der Waals surface area contributed by atoms with E-state index in [0.29, 0.717) is 11.8 Å². The van der Waals surface area contributed by atoms with Gasteiger partial charge in [0, 0.05) is 28.7 Å². The number of hydrogen-bond acceptors (Lipinski definition) is 4. The van der Waals surface area contributed by atoms with Crippen LogP contribution in [0.1, 0.15) is 15.0 Å². The lowest BCUT2D eigenvalue weighted by atomic mass is 10.3. The first kappa shape index (κ1) is 10.7. The third-order valence-electron chi connectivity index (χ3n) is 2.02. The lowest BCUT2D eigenvalue weighted by Crippen LogP contribution is -2.08. The van der Waals surface area contributed by atoms with Gasteiger partial charge in [-0.3, -0.25) is 0 Å². The predicted octanol–water partition coefficient (Wildman–Crippen LogP) is 2.57. The van der Waals surface area contributed by atoms with Gasteiger partial charge in [0.25, 0.3) is 0 Å². The van der Waals surface area contributed by atoms with Crippen LogP contribution >= 0.6 is 23.1 Å². The van der Waals surface area contributed by atoms with Crippen molar-refractivity contribution < 1.29 is 0 Å². The summed E-state index contributed by atoms with van der Waals surface area (Å²) in [6, 6.07) is 4.28. The van der Waals surface area contributed by atoms with Crippen molar-refractivity contribution in [2.45, 2.75) is 17.3 Å². The number of nitrogens with two attached hydrogens (primary N) is 1. The van der Waals surface area contributed by atoms with Gasteiger partial charge >= 0.3 is 0 Å². The Morgan fingerprint density at radius 3 is 3.00 bits per heavy atom. The molecular formula is C10H13N3S2. The molecule has 80 valence electrons. The minimum Gasteiger partial charge on any atom is -0.340 e. The molecule has 0 aromatic carbocycles. The Kier molecular flexibility index (Phi) is 3.45. The van der Waals surface area contributed by atoms with E-state index >= 15 is 0 Å². The van der Waals surface area contributed by atoms with E-state index in [1.54, 1.807) is 29.3 Å². The number of hydrogen-bond donors (Lipinski definition) is 2. The number of thioether (sulfide) groups is 1. The molecule has 3 N–H and O–H groups in total. The standard InChI is InChI=1S/C10H13N3S2/c1-7-2-3-8(14-7)9(6-11)15-10-12-4-5-13-10/h2-5,9H,6,11H2,1H3,(H,12,13). The third-order valence-corrected chi connectivity index (χ3v) is 4.46. The number of rotatable bonds is 4. The Morgan fingerprint density at radius 2 is 2.47 bits per heavy atom. The minimum absolute atomic E-state index is 0.301. The van der Waals surface area contributed by atoms with Crippen molar-refractivity contribution in [2.24, 2.45) is 5.73 Å². The van der Waals surface area contributed by atoms with Gasteiger partial charge in [0.05, 0.1) is 5.25 Å². The van der Waals surface area contributed by atoms with Gasteiger partial charge in [-0.05, 0) is 19.1 Å². The Morgan fingerprint density at radius 1 is 1.60 bits per heavy atom. The van der Waals surface area contributed by atoms with Crippen molar-refractivity contribution in [3.05, 3.63) is 34.3 Å². The van der Waals surface area contributed by atoms with Crippen molar-refractivity contribution in [2.75, 3.05) is 6.54 Å². The van der Waals surface area contributed by atoms with E-state index < -0.39 is 0 Å². The summed E-state index contributed by atoms with van der Waals surface area (Å²) in [5.41, 5.74) is 5.77. The molecule has 0 saturated carbocycles. The molecule has 1 atom stereocenters. The maximum atomic E-state index is 5.77. The first-order valence-electron chi connectivity index (χ1n) is 4.72. The average Bonchev–Trinajstić information content (AvgIpc) is 2.85. The highest BCUT2D eigenvalue weighted by molar-refractivity contribution is 7.99. The maximum Gasteiger partial charge on any atom is 0.165 e. The third kappa shape index (κ3) is 2.62. The number of nitrogens with one attached hydrogen (secondary N) is 1. The fourth-order valence-corrected chi connectivity index (χ4v) is 3.28. The smallest absolute Gasteiger partial charge is 0.165 e. The molecule has 0 spiro atoms. The van der Waals surface area contributed by atoms with Crippen LogP contribution in [0.25, 0.3) is 0 Å². The first-order chi connectivity index (χ1) is 7.29. The van der Waals surface area contributed by atoms with E-state index in [9.17, 15) is 0 Å². The summed E-state index contributed by atoms with van der Waals surface area (Å²) < 4.78 is 0. The van der Waals surface area contributed by atoms with Crippen LogP contribution in [0.4, 0.5) is 0 Å². The van der Waals surface area contributed by atoms with Crippen molar-refractivity contribution >= 4 is 23.1 Å². The quantitative estimate of drug-likeness (QED) is 0.806. The predicted molar refractivity (Wildman–Crippen MR) is 65.3 cm³/mol. The molecule has 3 nitrogen and oxygen atoms in total. The second-order valence-corrected chi connectivity index (χ2v) is 5.70. The summed E-state index contributed by atoms with van der Waals surface area (Å²) in [5, 5.41) is 1.23. The number of aromatic nitrogens is 2. The summed E-state index contributed by atoms with van der Waals surface area (Å²) in [4.78, 5) is 9.91. The van der Waals surface area contributed by atoms with Crippen LogP contribution in [0, 0.1) is 6.92 Å². The highest BCUT2D eigenvalue weighted by atomic mass is 32.2. The summed E-state index contributed by atoms with van der Waals surface area (Å²) in [6.45, 7) is 2.74. The first-order valence-corrected chi connectivity index (χ1v) is 6.41. The summed E-state index contributed by atoms with van der Waals surface area (Å²) in [5.74, 6) is 0. The summed E-state index contributed by atoms with van der Waals surface area (Å²) in [7, 11) is 0. The molecule has 0 aliphatic carbocycles. The molecule has 1 unspecified atom stereocenters. The number of nitrogens with zero attached hydrogens (tertiary/aromatic N) is 1. The molecule has 2 heterocycles. The van der Waals surface area contributed by atoms with Gasteiger partial charge in [0.2, 0.25) is 0 Å². The zero-order valence-electron chi connectivity index (χ0n) is 8.43. The van der Waals surface area contributed by atoms with E-state index in [0.717, 1.165) is 5.16 Å². The Balaban J connectivity index is 2.11. The molecule has 5 heteroatoms. The van der Waals surface area contributed by atoms with Crippen LogP contribution in [0.2, 0.25) is 0 Å². The topological polar surface area (TPSA) is 54.7 Å². The number of aryl methyl sites for hydroxylation is 1. The van der Waals surface area contributed by atoms with Crippen molar-refractivity contribution in [3.63, 3.8) is 0 Å². The molecule has 0 amide bonds. The number of H-pyrrole nitrogens is 1. The second-order valence-electron chi connectivity index (χ2n) is 3.18. The second kappa shape index (κ2) is 4.83. The summed E-state index contributed by atoms with van der Waals surface area (Å²) in [6.07, 6.45) is 3.59. The average molecular weight is 239 g/mol. The monoisotopic (exact) mass is 239 g/mol. The molecule has 0 radical (unpaired) electrons. The van der Waals surface area contributed by atoms with Crippen molar-refractivity contribution in [3.8, 4) is 0 Å². The van der Waals surface area contributed by atoms with Crippen LogP contribution in [-0.4, -0.2) is 16.5 Å². The maximum absolute atomic E-state index is 5.77. The van der Waals surface area contributed by atoms with E-state index in [-0.39, 0.29) is 0 Å². The number of thiophene rings is 1. The van der Waals surface area contributed by atoms with Crippen LogP contribution < -0.4 is 5.73 Å². The fourth-order valence-electron chi connectivity index (χ4n) is 1.30. The molecule has 2 aromatic heterocycles. The van der Waals surface area contributed by atoms with Crippen LogP contribution in [0.15, 0.2) is 29.7 Å². The van der Waals surface area contributed by atoms with Crippen LogP contribution in [0.5, 0.6) is 0 Å². The summed E-state index contributed by atoms with van der Waals surface area (Å²) >= 11 is 3.48. The molecule has 0 aliphatic rings. The minimum atomic E-state index is 0.301. The molecule has 2 aromatic rings. The fraction of sp³-hybridized carbons (Fsp3) is 0.300. The Hall–Kier alpha value is -0.780. The van der Waals surface area contributed by atoms with Gasteiger partial charge in [-0.15, -0.1) is 11.3 Å². The molecule has 0 aliphatic heterocycles. The van der Waals surface area contributed by atoms with Gasteiger partial charge in [-0.2, -0.15) is 0 Å². The SMILES string of the molecule is Cc1ccc(C(CN)Sc2ncc[nH]2)s1. The Labute approximate surface area is 97.1 Å².